The summed E-state index contributed by atoms with van der Waals surface area (Å²) in [4.78, 5) is 24.2. The molecule has 1 aliphatic heterocycles. The Morgan fingerprint density at radius 2 is 1.79 bits per heavy atom. The molecule has 3 rings (SSSR count). The maximum absolute atomic E-state index is 12.2. The van der Waals surface area contributed by atoms with E-state index in [9.17, 15) is 9.59 Å². The molecule has 0 saturated carbocycles. The molecule has 0 aliphatic carbocycles. The standard InChI is InChI=1S/C19H20N2O3/c22-18(13-20-19(23)14-7-2-1-3-8-14)21-16-10-6-12-24-17-11-5-4-9-15(16)17/h1-5,7-9,11,16H,6,10,12-13H2,(H,20,23)(H,21,22)/t16-/m0/s1. The van der Waals surface area contributed by atoms with Crippen LogP contribution in [0.4, 0.5) is 0 Å². The summed E-state index contributed by atoms with van der Waals surface area (Å²) in [6.07, 6.45) is 1.69. The van der Waals surface area contributed by atoms with Gasteiger partial charge in [-0.05, 0) is 31.0 Å². The van der Waals surface area contributed by atoms with E-state index in [1.165, 1.54) is 0 Å². The van der Waals surface area contributed by atoms with Gasteiger partial charge < -0.3 is 15.4 Å². The van der Waals surface area contributed by atoms with Crippen molar-refractivity contribution in [1.82, 2.24) is 10.6 Å². The van der Waals surface area contributed by atoms with Crippen LogP contribution >= 0.6 is 0 Å². The first-order valence-electron chi connectivity index (χ1n) is 8.08. The molecule has 1 heterocycles. The molecule has 0 unspecified atom stereocenters. The number of carbonyl (C=O) groups excluding carboxylic acids is 2. The molecule has 2 aromatic rings. The van der Waals surface area contributed by atoms with Gasteiger partial charge in [0.25, 0.3) is 5.91 Å². The molecular weight excluding hydrogens is 304 g/mol. The summed E-state index contributed by atoms with van der Waals surface area (Å²) in [7, 11) is 0. The molecule has 0 saturated heterocycles. The zero-order valence-corrected chi connectivity index (χ0v) is 13.3. The third-order valence-electron chi connectivity index (χ3n) is 3.97. The zero-order chi connectivity index (χ0) is 16.8. The molecule has 124 valence electrons. The number of rotatable bonds is 4. The van der Waals surface area contributed by atoms with Crippen molar-refractivity contribution in [2.45, 2.75) is 18.9 Å². The van der Waals surface area contributed by atoms with Crippen LogP contribution in [0, 0.1) is 0 Å². The van der Waals surface area contributed by atoms with Gasteiger partial charge in [0.2, 0.25) is 5.91 Å². The van der Waals surface area contributed by atoms with E-state index in [4.69, 9.17) is 4.74 Å². The fourth-order valence-electron chi connectivity index (χ4n) is 2.77. The minimum Gasteiger partial charge on any atom is -0.493 e. The summed E-state index contributed by atoms with van der Waals surface area (Å²) in [5.74, 6) is 0.352. The van der Waals surface area contributed by atoms with E-state index in [0.717, 1.165) is 24.2 Å². The van der Waals surface area contributed by atoms with Crippen molar-refractivity contribution < 1.29 is 14.3 Å². The molecule has 0 fully saturated rings. The molecule has 2 amide bonds. The van der Waals surface area contributed by atoms with Crippen LogP contribution in [0.5, 0.6) is 5.75 Å². The summed E-state index contributed by atoms with van der Waals surface area (Å²) in [5, 5.41) is 5.63. The van der Waals surface area contributed by atoms with E-state index in [1.807, 2.05) is 30.3 Å². The lowest BCUT2D eigenvalue weighted by molar-refractivity contribution is -0.120. The van der Waals surface area contributed by atoms with E-state index >= 15 is 0 Å². The van der Waals surface area contributed by atoms with Crippen LogP contribution in [0.2, 0.25) is 0 Å². The first kappa shape index (κ1) is 16.1. The van der Waals surface area contributed by atoms with Crippen LogP contribution in [-0.4, -0.2) is 25.0 Å². The smallest absolute Gasteiger partial charge is 0.251 e. The number of carbonyl (C=O) groups is 2. The Hall–Kier alpha value is -2.82. The molecule has 24 heavy (non-hydrogen) atoms. The predicted molar refractivity (Wildman–Crippen MR) is 90.8 cm³/mol. The molecule has 2 N–H and O–H groups in total. The average molecular weight is 324 g/mol. The van der Waals surface area contributed by atoms with Crippen molar-refractivity contribution in [2.75, 3.05) is 13.2 Å². The largest absolute Gasteiger partial charge is 0.493 e. The molecule has 0 radical (unpaired) electrons. The van der Waals surface area contributed by atoms with Gasteiger partial charge in [0.15, 0.2) is 0 Å². The van der Waals surface area contributed by atoms with Gasteiger partial charge in [-0.1, -0.05) is 36.4 Å². The van der Waals surface area contributed by atoms with Crippen LogP contribution in [0.1, 0.15) is 34.8 Å². The van der Waals surface area contributed by atoms with Gasteiger partial charge in [0, 0.05) is 11.1 Å². The van der Waals surface area contributed by atoms with Crippen molar-refractivity contribution in [1.29, 1.82) is 0 Å². The molecular formula is C19H20N2O3. The van der Waals surface area contributed by atoms with Gasteiger partial charge >= 0.3 is 0 Å². The Morgan fingerprint density at radius 1 is 1.04 bits per heavy atom. The first-order valence-corrected chi connectivity index (χ1v) is 8.08. The Kier molecular flexibility index (Phi) is 5.11. The third-order valence-corrected chi connectivity index (χ3v) is 3.97. The van der Waals surface area contributed by atoms with Crippen LogP contribution in [0.25, 0.3) is 0 Å². The summed E-state index contributed by atoms with van der Waals surface area (Å²) in [6.45, 7) is 0.599. The number of hydrogen-bond acceptors (Lipinski definition) is 3. The van der Waals surface area contributed by atoms with Gasteiger partial charge in [0.1, 0.15) is 5.75 Å². The van der Waals surface area contributed by atoms with Crippen molar-refractivity contribution in [2.24, 2.45) is 0 Å². The molecule has 2 aromatic carbocycles. The van der Waals surface area contributed by atoms with E-state index in [-0.39, 0.29) is 24.4 Å². The van der Waals surface area contributed by atoms with E-state index in [1.54, 1.807) is 24.3 Å². The third kappa shape index (κ3) is 3.93. The monoisotopic (exact) mass is 324 g/mol. The molecule has 1 aliphatic rings. The SMILES string of the molecule is O=C(CNC(=O)c1ccccc1)N[C@H]1CCCOc2ccccc21. The maximum atomic E-state index is 12.2. The Balaban J connectivity index is 1.58. The van der Waals surface area contributed by atoms with E-state index in [2.05, 4.69) is 10.6 Å². The topological polar surface area (TPSA) is 67.4 Å². The second-order valence-corrected chi connectivity index (χ2v) is 5.70. The number of para-hydroxylation sites is 1. The molecule has 0 bridgehead atoms. The maximum Gasteiger partial charge on any atom is 0.251 e. The van der Waals surface area contributed by atoms with Crippen LogP contribution < -0.4 is 15.4 Å². The number of nitrogens with one attached hydrogen (secondary N) is 2. The van der Waals surface area contributed by atoms with Gasteiger partial charge in [-0.2, -0.15) is 0 Å². The molecule has 0 aromatic heterocycles. The van der Waals surface area contributed by atoms with Gasteiger partial charge in [-0.25, -0.2) is 0 Å². The van der Waals surface area contributed by atoms with Crippen LogP contribution in [0.15, 0.2) is 54.6 Å². The van der Waals surface area contributed by atoms with Gasteiger partial charge in [-0.3, -0.25) is 9.59 Å². The number of hydrogen-bond donors (Lipinski definition) is 2. The van der Waals surface area contributed by atoms with Crippen molar-refractivity contribution >= 4 is 11.8 Å². The highest BCUT2D eigenvalue weighted by Gasteiger charge is 2.21. The molecule has 0 spiro atoms. The summed E-state index contributed by atoms with van der Waals surface area (Å²) in [6, 6.07) is 16.5. The lowest BCUT2D eigenvalue weighted by atomic mass is 10.0. The molecule has 1 atom stereocenters. The number of amides is 2. The van der Waals surface area contributed by atoms with Gasteiger partial charge in [0.05, 0.1) is 19.2 Å². The van der Waals surface area contributed by atoms with Crippen molar-refractivity contribution in [3.8, 4) is 5.75 Å². The zero-order valence-electron chi connectivity index (χ0n) is 13.3. The lowest BCUT2D eigenvalue weighted by Crippen LogP contribution is -2.38. The second-order valence-electron chi connectivity index (χ2n) is 5.70. The number of benzene rings is 2. The summed E-state index contributed by atoms with van der Waals surface area (Å²) >= 11 is 0. The van der Waals surface area contributed by atoms with Crippen LogP contribution in [-0.2, 0) is 4.79 Å². The second kappa shape index (κ2) is 7.64. The minimum absolute atomic E-state index is 0.0484. The van der Waals surface area contributed by atoms with E-state index in [0.29, 0.717) is 12.2 Å². The number of ether oxygens (including phenoxy) is 1. The first-order chi connectivity index (χ1) is 11.7. The van der Waals surface area contributed by atoms with Crippen molar-refractivity contribution in [3.63, 3.8) is 0 Å². The summed E-state index contributed by atoms with van der Waals surface area (Å²) in [5.41, 5.74) is 1.52. The average Bonchev–Trinajstić information content (AvgIpc) is 2.83. The predicted octanol–water partition coefficient (Wildman–Crippen LogP) is 2.45. The fraction of sp³-hybridized carbons (Fsp3) is 0.263. The Bertz CT molecular complexity index is 716. The highest BCUT2D eigenvalue weighted by Crippen LogP contribution is 2.30. The van der Waals surface area contributed by atoms with Crippen molar-refractivity contribution in [3.05, 3.63) is 65.7 Å². The minimum atomic E-state index is -0.254. The summed E-state index contributed by atoms with van der Waals surface area (Å²) < 4.78 is 5.70. The number of fused-ring (bicyclic) bond motifs is 1. The Morgan fingerprint density at radius 3 is 2.62 bits per heavy atom. The Labute approximate surface area is 141 Å². The van der Waals surface area contributed by atoms with E-state index < -0.39 is 0 Å². The quantitative estimate of drug-likeness (QED) is 0.908. The highest BCUT2D eigenvalue weighted by atomic mass is 16.5. The molecule has 5 nitrogen and oxygen atoms in total. The molecule has 5 heteroatoms. The van der Waals surface area contributed by atoms with Crippen LogP contribution in [0.3, 0.4) is 0 Å². The van der Waals surface area contributed by atoms with Gasteiger partial charge in [-0.15, -0.1) is 0 Å². The fourth-order valence-corrected chi connectivity index (χ4v) is 2.77. The lowest BCUT2D eigenvalue weighted by Gasteiger charge is -2.18. The highest BCUT2D eigenvalue weighted by molar-refractivity contribution is 5.96. The normalized spacial score (nSPS) is 16.2.